The second-order valence-electron chi connectivity index (χ2n) is 8.75. The van der Waals surface area contributed by atoms with Gasteiger partial charge >= 0.3 is 0 Å². The number of aliphatic hydroxyl groups is 2. The SMILES string of the molecule is N#Cc1ccccc1N1CCC(CNC(=O)[C@H](O)C(O)C(=O)N2CCCC2c2nccs2)CC1. The minimum Gasteiger partial charge on any atom is -0.380 e. The van der Waals surface area contributed by atoms with Crippen LogP contribution in [0.15, 0.2) is 35.8 Å². The van der Waals surface area contributed by atoms with Gasteiger partial charge in [-0.1, -0.05) is 12.1 Å². The number of amides is 2. The van der Waals surface area contributed by atoms with Crippen LogP contribution in [-0.4, -0.2) is 70.3 Å². The molecule has 0 aliphatic carbocycles. The first kappa shape index (κ1) is 24.1. The van der Waals surface area contributed by atoms with Gasteiger partial charge in [0, 0.05) is 37.8 Å². The van der Waals surface area contributed by atoms with Crippen molar-refractivity contribution in [1.29, 1.82) is 5.26 Å². The smallest absolute Gasteiger partial charge is 0.255 e. The quantitative estimate of drug-likeness (QED) is 0.543. The van der Waals surface area contributed by atoms with Gasteiger partial charge in [-0.2, -0.15) is 5.26 Å². The highest BCUT2D eigenvalue weighted by molar-refractivity contribution is 7.09. The summed E-state index contributed by atoms with van der Waals surface area (Å²) in [6, 6.07) is 9.50. The van der Waals surface area contributed by atoms with Crippen molar-refractivity contribution in [3.8, 4) is 6.07 Å². The van der Waals surface area contributed by atoms with Gasteiger partial charge in [0.2, 0.25) is 0 Å². The van der Waals surface area contributed by atoms with E-state index in [0.717, 1.165) is 49.5 Å². The number of nitrogens with zero attached hydrogens (tertiary/aromatic N) is 4. The highest BCUT2D eigenvalue weighted by Crippen LogP contribution is 2.33. The summed E-state index contributed by atoms with van der Waals surface area (Å²) in [5.74, 6) is -1.18. The van der Waals surface area contributed by atoms with Crippen LogP contribution >= 0.6 is 11.3 Å². The number of rotatable bonds is 7. The minimum absolute atomic E-state index is 0.211. The summed E-state index contributed by atoms with van der Waals surface area (Å²) in [6.07, 6.45) is 1.19. The maximum Gasteiger partial charge on any atom is 0.255 e. The lowest BCUT2D eigenvalue weighted by Crippen LogP contribution is -2.51. The molecule has 0 spiro atoms. The minimum atomic E-state index is -1.83. The van der Waals surface area contributed by atoms with Crippen molar-refractivity contribution in [1.82, 2.24) is 15.2 Å². The summed E-state index contributed by atoms with van der Waals surface area (Å²) in [5, 5.41) is 35.4. The van der Waals surface area contributed by atoms with Gasteiger partial charge in [0.15, 0.2) is 12.2 Å². The lowest BCUT2D eigenvalue weighted by molar-refractivity contribution is -0.153. The molecular weight excluding hydrogens is 454 g/mol. The number of thiazole rings is 1. The molecule has 34 heavy (non-hydrogen) atoms. The zero-order valence-corrected chi connectivity index (χ0v) is 19.7. The van der Waals surface area contributed by atoms with Gasteiger partial charge < -0.3 is 25.3 Å². The second kappa shape index (κ2) is 11.0. The number of para-hydroxylation sites is 1. The van der Waals surface area contributed by atoms with Gasteiger partial charge in [0.25, 0.3) is 11.8 Å². The maximum absolute atomic E-state index is 12.8. The van der Waals surface area contributed by atoms with Crippen LogP contribution in [0.1, 0.15) is 42.3 Å². The lowest BCUT2D eigenvalue weighted by atomic mass is 9.95. The van der Waals surface area contributed by atoms with E-state index in [9.17, 15) is 25.1 Å². The largest absolute Gasteiger partial charge is 0.380 e. The van der Waals surface area contributed by atoms with E-state index < -0.39 is 24.0 Å². The Balaban J connectivity index is 1.25. The Morgan fingerprint density at radius 1 is 1.18 bits per heavy atom. The molecule has 0 bridgehead atoms. The molecule has 3 atom stereocenters. The van der Waals surface area contributed by atoms with Gasteiger partial charge in [0.05, 0.1) is 17.3 Å². The molecule has 3 N–H and O–H groups in total. The zero-order chi connectivity index (χ0) is 24.1. The number of nitrogens with one attached hydrogen (secondary N) is 1. The Hall–Kier alpha value is -3.00. The molecule has 2 aliphatic rings. The van der Waals surface area contributed by atoms with Gasteiger partial charge in [-0.3, -0.25) is 9.59 Å². The van der Waals surface area contributed by atoms with Gasteiger partial charge in [0.1, 0.15) is 11.1 Å². The Morgan fingerprint density at radius 3 is 2.65 bits per heavy atom. The second-order valence-corrected chi connectivity index (χ2v) is 9.68. The van der Waals surface area contributed by atoms with E-state index in [2.05, 4.69) is 21.3 Å². The van der Waals surface area contributed by atoms with Gasteiger partial charge in [-0.15, -0.1) is 11.3 Å². The van der Waals surface area contributed by atoms with E-state index in [0.29, 0.717) is 18.7 Å². The molecule has 4 rings (SSSR count). The number of piperidine rings is 1. The average Bonchev–Trinajstić information content (AvgIpc) is 3.58. The van der Waals surface area contributed by atoms with Crippen LogP contribution in [0.2, 0.25) is 0 Å². The van der Waals surface area contributed by atoms with Crippen LogP contribution in [0.3, 0.4) is 0 Å². The number of likely N-dealkylation sites (tertiary alicyclic amines) is 1. The monoisotopic (exact) mass is 483 g/mol. The van der Waals surface area contributed by atoms with E-state index in [1.807, 2.05) is 23.6 Å². The summed E-state index contributed by atoms with van der Waals surface area (Å²) >= 11 is 1.44. The Kier molecular flexibility index (Phi) is 7.77. The van der Waals surface area contributed by atoms with Crippen molar-refractivity contribution in [3.05, 3.63) is 46.4 Å². The highest BCUT2D eigenvalue weighted by atomic mass is 32.1. The number of hydrogen-bond acceptors (Lipinski definition) is 8. The summed E-state index contributed by atoms with van der Waals surface area (Å²) in [4.78, 5) is 33.2. The molecule has 180 valence electrons. The van der Waals surface area contributed by atoms with Crippen LogP contribution in [0, 0.1) is 17.2 Å². The molecule has 0 saturated carbocycles. The fourth-order valence-corrected chi connectivity index (χ4v) is 5.49. The third kappa shape index (κ3) is 5.22. The van der Waals surface area contributed by atoms with Crippen molar-refractivity contribution in [3.63, 3.8) is 0 Å². The molecule has 2 fully saturated rings. The molecule has 2 amide bonds. The molecular formula is C24H29N5O4S. The molecule has 2 saturated heterocycles. The third-order valence-corrected chi connectivity index (χ3v) is 7.51. The number of anilines is 1. The van der Waals surface area contributed by atoms with Crippen LogP contribution in [0.25, 0.3) is 0 Å². The van der Waals surface area contributed by atoms with Gasteiger partial charge in [-0.05, 0) is 43.7 Å². The lowest BCUT2D eigenvalue weighted by Gasteiger charge is -2.34. The fourth-order valence-electron chi connectivity index (χ4n) is 4.71. The van der Waals surface area contributed by atoms with Crippen LogP contribution < -0.4 is 10.2 Å². The predicted molar refractivity (Wildman–Crippen MR) is 127 cm³/mol. The number of hydrogen-bond donors (Lipinski definition) is 3. The standard InChI is InChI=1S/C24H29N5O4S/c25-14-17-4-1-2-5-18(17)28-11-7-16(8-12-28)15-27-22(32)20(30)21(31)24(33)29-10-3-6-19(29)23-26-9-13-34-23/h1-2,4-5,9,13,16,19-21,30-31H,3,6-8,10-12,15H2,(H,27,32)/t19?,20-,21?/m1/s1. The van der Waals surface area contributed by atoms with Gasteiger partial charge in [-0.25, -0.2) is 4.98 Å². The number of aliphatic hydroxyl groups excluding tert-OH is 2. The van der Waals surface area contributed by atoms with Crippen LogP contribution in [0.5, 0.6) is 0 Å². The average molecular weight is 484 g/mol. The van der Waals surface area contributed by atoms with Crippen molar-refractivity contribution in [2.45, 2.75) is 43.9 Å². The van der Waals surface area contributed by atoms with Crippen molar-refractivity contribution in [2.75, 3.05) is 31.1 Å². The predicted octanol–water partition coefficient (Wildman–Crippen LogP) is 1.43. The Labute approximate surface area is 202 Å². The molecule has 9 nitrogen and oxygen atoms in total. The molecule has 2 aliphatic heterocycles. The maximum atomic E-state index is 12.8. The summed E-state index contributed by atoms with van der Waals surface area (Å²) < 4.78 is 0. The molecule has 1 aromatic heterocycles. The zero-order valence-electron chi connectivity index (χ0n) is 18.8. The van der Waals surface area contributed by atoms with E-state index in [4.69, 9.17) is 0 Å². The van der Waals surface area contributed by atoms with Crippen molar-refractivity contribution in [2.24, 2.45) is 5.92 Å². The fraction of sp³-hybridized carbons (Fsp3) is 0.500. The molecule has 2 unspecified atom stereocenters. The van der Waals surface area contributed by atoms with Crippen LogP contribution in [0.4, 0.5) is 5.69 Å². The highest BCUT2D eigenvalue weighted by Gasteiger charge is 2.39. The number of aromatic nitrogens is 1. The summed E-state index contributed by atoms with van der Waals surface area (Å²) in [6.45, 7) is 2.34. The first-order chi connectivity index (χ1) is 16.5. The van der Waals surface area contributed by atoms with Crippen LogP contribution in [-0.2, 0) is 9.59 Å². The first-order valence-corrected chi connectivity index (χ1v) is 12.5. The topological polar surface area (TPSA) is 130 Å². The number of carbonyl (C=O) groups excluding carboxylic acids is 2. The molecule has 2 aromatic rings. The number of carbonyl (C=O) groups is 2. The van der Waals surface area contributed by atoms with E-state index >= 15 is 0 Å². The Morgan fingerprint density at radius 2 is 1.94 bits per heavy atom. The number of benzene rings is 1. The van der Waals surface area contributed by atoms with Crippen molar-refractivity contribution < 1.29 is 19.8 Å². The first-order valence-electron chi connectivity index (χ1n) is 11.6. The molecule has 3 heterocycles. The van der Waals surface area contributed by atoms with Crippen molar-refractivity contribution >= 4 is 28.8 Å². The third-order valence-electron chi connectivity index (χ3n) is 6.64. The molecule has 0 radical (unpaired) electrons. The molecule has 1 aromatic carbocycles. The summed E-state index contributed by atoms with van der Waals surface area (Å²) in [5.41, 5.74) is 1.56. The van der Waals surface area contributed by atoms with E-state index in [1.165, 1.54) is 16.2 Å². The normalized spacial score (nSPS) is 20.6. The van der Waals surface area contributed by atoms with E-state index in [-0.39, 0.29) is 12.0 Å². The molecule has 10 heteroatoms. The van der Waals surface area contributed by atoms with E-state index in [1.54, 1.807) is 12.3 Å². The summed E-state index contributed by atoms with van der Waals surface area (Å²) in [7, 11) is 0. The number of nitriles is 1. The Bertz CT molecular complexity index is 1030.